The van der Waals surface area contributed by atoms with E-state index in [1.165, 1.54) is 19.4 Å². The highest BCUT2D eigenvalue weighted by atomic mass is 16.5. The van der Waals surface area contributed by atoms with Gasteiger partial charge in [-0.05, 0) is 12.1 Å². The van der Waals surface area contributed by atoms with Gasteiger partial charge in [0, 0.05) is 5.56 Å². The van der Waals surface area contributed by atoms with Crippen molar-refractivity contribution in [1.82, 2.24) is 0 Å². The molecule has 0 fully saturated rings. The molecule has 1 aromatic rings. The smallest absolute Gasteiger partial charge is 0.348 e. The Morgan fingerprint density at radius 2 is 2.15 bits per heavy atom. The molecule has 0 aliphatic rings. The summed E-state index contributed by atoms with van der Waals surface area (Å²) >= 11 is 0. The maximum absolute atomic E-state index is 11.4. The summed E-state index contributed by atoms with van der Waals surface area (Å²) in [4.78, 5) is 11.4. The van der Waals surface area contributed by atoms with E-state index in [2.05, 4.69) is 11.3 Å². The monoisotopic (exact) mass is 273 g/mol. The number of benzene rings is 1. The summed E-state index contributed by atoms with van der Waals surface area (Å²) in [5.74, 6) is -0.130. The Kier molecular flexibility index (Phi) is 6.42. The fourth-order valence-corrected chi connectivity index (χ4v) is 1.42. The summed E-state index contributed by atoms with van der Waals surface area (Å²) in [6, 6.07) is 8.86. The largest absolute Gasteiger partial charge is 0.498 e. The number of hydrogen-bond acceptors (Lipinski definition) is 5. The van der Waals surface area contributed by atoms with Crippen molar-refractivity contribution in [1.29, 1.82) is 5.26 Å². The number of hydrogen-bond donors (Lipinski definition) is 0. The van der Waals surface area contributed by atoms with Gasteiger partial charge in [0.25, 0.3) is 0 Å². The molecule has 0 aromatic heterocycles. The molecule has 0 amide bonds. The van der Waals surface area contributed by atoms with Crippen molar-refractivity contribution in [2.75, 3.05) is 20.3 Å². The second-order valence-electron chi connectivity index (χ2n) is 3.59. The van der Waals surface area contributed by atoms with Crippen LogP contribution in [0.1, 0.15) is 5.56 Å². The highest BCUT2D eigenvalue weighted by molar-refractivity contribution is 5.98. The first kappa shape index (κ1) is 15.3. The van der Waals surface area contributed by atoms with E-state index in [1.807, 2.05) is 0 Å². The molecule has 5 nitrogen and oxygen atoms in total. The number of esters is 1. The summed E-state index contributed by atoms with van der Waals surface area (Å²) in [6.07, 6.45) is 2.76. The number of methoxy groups -OCH3 is 1. The molecule has 20 heavy (non-hydrogen) atoms. The van der Waals surface area contributed by atoms with E-state index in [9.17, 15) is 4.79 Å². The maximum Gasteiger partial charge on any atom is 0.348 e. The van der Waals surface area contributed by atoms with Crippen molar-refractivity contribution in [2.45, 2.75) is 0 Å². The quantitative estimate of drug-likeness (QED) is 0.251. The van der Waals surface area contributed by atoms with E-state index in [0.717, 1.165) is 0 Å². The lowest BCUT2D eigenvalue weighted by molar-refractivity contribution is -0.135. The number of para-hydroxylation sites is 1. The van der Waals surface area contributed by atoms with Gasteiger partial charge in [-0.25, -0.2) is 4.79 Å². The van der Waals surface area contributed by atoms with E-state index in [0.29, 0.717) is 24.5 Å². The van der Waals surface area contributed by atoms with Gasteiger partial charge < -0.3 is 14.2 Å². The van der Waals surface area contributed by atoms with Gasteiger partial charge in [0.05, 0.1) is 13.4 Å². The molecular weight excluding hydrogens is 258 g/mol. The highest BCUT2D eigenvalue weighted by Gasteiger charge is 2.10. The minimum Gasteiger partial charge on any atom is -0.498 e. The number of ether oxygens (including phenoxy) is 3. The Hall–Kier alpha value is -2.74. The number of nitrogens with zero attached hydrogens (tertiary/aromatic N) is 1. The zero-order chi connectivity index (χ0) is 14.8. The molecule has 0 saturated heterocycles. The second-order valence-corrected chi connectivity index (χ2v) is 3.59. The summed E-state index contributed by atoms with van der Waals surface area (Å²) in [7, 11) is 1.22. The van der Waals surface area contributed by atoms with E-state index in [-0.39, 0.29) is 5.57 Å². The van der Waals surface area contributed by atoms with E-state index in [4.69, 9.17) is 14.7 Å². The summed E-state index contributed by atoms with van der Waals surface area (Å²) in [5.41, 5.74) is 0.527. The minimum atomic E-state index is -0.683. The van der Waals surface area contributed by atoms with Crippen LogP contribution >= 0.6 is 0 Å². The Balaban J connectivity index is 2.89. The lowest BCUT2D eigenvalue weighted by Crippen LogP contribution is -2.06. The van der Waals surface area contributed by atoms with Crippen molar-refractivity contribution in [3.63, 3.8) is 0 Å². The molecule has 0 unspecified atom stereocenters. The van der Waals surface area contributed by atoms with Gasteiger partial charge in [-0.1, -0.05) is 24.8 Å². The number of carbonyl (C=O) groups excluding carboxylic acids is 1. The average Bonchev–Trinajstić information content (AvgIpc) is 2.49. The Morgan fingerprint density at radius 3 is 2.80 bits per heavy atom. The molecule has 104 valence electrons. The van der Waals surface area contributed by atoms with Gasteiger partial charge in [-0.3, -0.25) is 0 Å². The molecule has 0 bridgehead atoms. The molecule has 0 N–H and O–H groups in total. The molecule has 0 atom stereocenters. The molecule has 0 heterocycles. The number of carbonyl (C=O) groups is 1. The third kappa shape index (κ3) is 4.50. The fraction of sp³-hybridized carbons (Fsp3) is 0.200. The third-order valence-corrected chi connectivity index (χ3v) is 2.32. The first-order chi connectivity index (χ1) is 9.72. The molecule has 0 saturated carbocycles. The van der Waals surface area contributed by atoms with Crippen molar-refractivity contribution < 1.29 is 19.0 Å². The predicted molar refractivity (Wildman–Crippen MR) is 73.7 cm³/mol. The van der Waals surface area contributed by atoms with Gasteiger partial charge >= 0.3 is 5.97 Å². The van der Waals surface area contributed by atoms with Gasteiger partial charge in [-0.15, -0.1) is 0 Å². The van der Waals surface area contributed by atoms with Crippen LogP contribution < -0.4 is 4.74 Å². The normalized spacial score (nSPS) is 10.3. The Morgan fingerprint density at radius 1 is 1.40 bits per heavy atom. The third-order valence-electron chi connectivity index (χ3n) is 2.32. The van der Waals surface area contributed by atoms with Crippen LogP contribution in [0, 0.1) is 11.3 Å². The van der Waals surface area contributed by atoms with Crippen molar-refractivity contribution in [3.05, 3.63) is 48.2 Å². The van der Waals surface area contributed by atoms with Crippen molar-refractivity contribution in [3.8, 4) is 11.8 Å². The van der Waals surface area contributed by atoms with Crippen LogP contribution in [-0.4, -0.2) is 26.3 Å². The van der Waals surface area contributed by atoms with Crippen LogP contribution in [0.4, 0.5) is 0 Å². The lowest BCUT2D eigenvalue weighted by atomic mass is 10.1. The Bertz CT molecular complexity index is 543. The van der Waals surface area contributed by atoms with Crippen molar-refractivity contribution >= 4 is 12.0 Å². The molecule has 0 radical (unpaired) electrons. The van der Waals surface area contributed by atoms with Crippen LogP contribution in [-0.2, 0) is 14.3 Å². The minimum absolute atomic E-state index is 0.0918. The standard InChI is InChI=1S/C15H15NO4/c1-3-19-8-9-20-14-7-5-4-6-12(14)10-13(11-16)15(17)18-2/h3-7,10H,1,8-9H2,2H3. The molecular formula is C15H15NO4. The first-order valence-corrected chi connectivity index (χ1v) is 5.87. The van der Waals surface area contributed by atoms with E-state index >= 15 is 0 Å². The number of rotatable bonds is 7. The molecule has 1 aromatic carbocycles. The first-order valence-electron chi connectivity index (χ1n) is 5.87. The van der Waals surface area contributed by atoms with Crippen molar-refractivity contribution in [2.24, 2.45) is 0 Å². The predicted octanol–water partition coefficient (Wildman–Crippen LogP) is 2.31. The average molecular weight is 273 g/mol. The van der Waals surface area contributed by atoms with Gasteiger partial charge in [-0.2, -0.15) is 5.26 Å². The summed E-state index contributed by atoms with van der Waals surface area (Å²) in [6.45, 7) is 4.12. The number of nitriles is 1. The topological polar surface area (TPSA) is 68.5 Å². The van der Waals surface area contributed by atoms with Crippen LogP contribution in [0.5, 0.6) is 5.75 Å². The fourth-order valence-electron chi connectivity index (χ4n) is 1.42. The molecule has 5 heteroatoms. The Labute approximate surface area is 117 Å². The van der Waals surface area contributed by atoms with Gasteiger partial charge in [0.2, 0.25) is 0 Å². The van der Waals surface area contributed by atoms with E-state index in [1.54, 1.807) is 30.3 Å². The maximum atomic E-state index is 11.4. The second kappa shape index (κ2) is 8.38. The van der Waals surface area contributed by atoms with Gasteiger partial charge in [0.1, 0.15) is 30.6 Å². The molecule has 1 rings (SSSR count). The summed E-state index contributed by atoms with van der Waals surface area (Å²) in [5, 5.41) is 8.93. The zero-order valence-corrected chi connectivity index (χ0v) is 11.2. The summed E-state index contributed by atoms with van der Waals surface area (Å²) < 4.78 is 15.0. The lowest BCUT2D eigenvalue weighted by Gasteiger charge is -2.09. The molecule has 0 spiro atoms. The van der Waals surface area contributed by atoms with Crippen LogP contribution in [0.2, 0.25) is 0 Å². The molecule has 0 aliphatic carbocycles. The SMILES string of the molecule is C=COCCOc1ccccc1C=C(C#N)C(=O)OC. The van der Waals surface area contributed by atoms with Crippen LogP contribution in [0.25, 0.3) is 6.08 Å². The zero-order valence-electron chi connectivity index (χ0n) is 11.2. The molecule has 0 aliphatic heterocycles. The van der Waals surface area contributed by atoms with E-state index < -0.39 is 5.97 Å². The highest BCUT2D eigenvalue weighted by Crippen LogP contribution is 2.21. The van der Waals surface area contributed by atoms with Gasteiger partial charge in [0.15, 0.2) is 0 Å². The van der Waals surface area contributed by atoms with Crippen LogP contribution in [0.15, 0.2) is 42.7 Å². The van der Waals surface area contributed by atoms with Crippen LogP contribution in [0.3, 0.4) is 0 Å².